The SMILES string of the molecule is CCOC(=O)c1ccc(N(C)CCO[S+](C)C(C)(C)C)cc1. The number of carbonyl (C=O) groups excluding carboxylic acids is 1. The van der Waals surface area contributed by atoms with Gasteiger partial charge in [-0.1, -0.05) is 0 Å². The van der Waals surface area contributed by atoms with E-state index in [9.17, 15) is 4.79 Å². The molecule has 0 saturated heterocycles. The summed E-state index contributed by atoms with van der Waals surface area (Å²) in [6.07, 6.45) is 2.13. The van der Waals surface area contributed by atoms with Crippen molar-refractivity contribution in [2.24, 2.45) is 0 Å². The first-order chi connectivity index (χ1) is 10.3. The number of benzene rings is 1. The summed E-state index contributed by atoms with van der Waals surface area (Å²) in [6.45, 7) is 10.3. The van der Waals surface area contributed by atoms with Crippen LogP contribution in [0, 0.1) is 0 Å². The van der Waals surface area contributed by atoms with Crippen molar-refractivity contribution < 1.29 is 13.7 Å². The van der Waals surface area contributed by atoms with Gasteiger partial charge in [-0.3, -0.25) is 0 Å². The van der Waals surface area contributed by atoms with E-state index in [0.717, 1.165) is 12.2 Å². The van der Waals surface area contributed by atoms with Gasteiger partial charge in [0.1, 0.15) is 24.0 Å². The molecule has 0 amide bonds. The lowest BCUT2D eigenvalue weighted by molar-refractivity contribution is 0.0526. The van der Waals surface area contributed by atoms with Gasteiger partial charge in [-0.05, 0) is 52.0 Å². The molecule has 0 spiro atoms. The molecule has 22 heavy (non-hydrogen) atoms. The Labute approximate surface area is 137 Å². The molecular formula is C17H28NO3S+. The first-order valence-electron chi connectivity index (χ1n) is 7.53. The number of carbonyl (C=O) groups is 1. The fourth-order valence-electron chi connectivity index (χ4n) is 1.67. The highest BCUT2D eigenvalue weighted by atomic mass is 32.2. The second kappa shape index (κ2) is 8.44. The summed E-state index contributed by atoms with van der Waals surface area (Å²) in [4.78, 5) is 13.7. The van der Waals surface area contributed by atoms with Crippen molar-refractivity contribution in [3.63, 3.8) is 0 Å². The molecule has 0 bridgehead atoms. The lowest BCUT2D eigenvalue weighted by Gasteiger charge is -2.20. The van der Waals surface area contributed by atoms with Crippen LogP contribution in [0.15, 0.2) is 24.3 Å². The standard InChI is InChI=1S/C17H28NO3S/c1-7-20-16(19)14-8-10-15(11-9-14)18(5)12-13-21-22(6)17(2,3)4/h8-11H,7,12-13H2,1-6H3/q+1. The number of esters is 1. The van der Waals surface area contributed by atoms with Gasteiger partial charge in [-0.2, -0.15) is 4.18 Å². The van der Waals surface area contributed by atoms with Crippen molar-refractivity contribution in [3.8, 4) is 0 Å². The van der Waals surface area contributed by atoms with Crippen LogP contribution in [-0.4, -0.2) is 43.8 Å². The Bertz CT molecular complexity index is 468. The normalized spacial score (nSPS) is 12.8. The van der Waals surface area contributed by atoms with Crippen molar-refractivity contribution in [1.82, 2.24) is 0 Å². The Hall–Kier alpha value is -1.20. The van der Waals surface area contributed by atoms with E-state index in [1.165, 1.54) is 0 Å². The van der Waals surface area contributed by atoms with E-state index in [4.69, 9.17) is 8.92 Å². The van der Waals surface area contributed by atoms with E-state index < -0.39 is 0 Å². The van der Waals surface area contributed by atoms with Crippen molar-refractivity contribution in [1.29, 1.82) is 0 Å². The van der Waals surface area contributed by atoms with Gasteiger partial charge in [0.2, 0.25) is 0 Å². The van der Waals surface area contributed by atoms with Crippen LogP contribution in [0.1, 0.15) is 38.1 Å². The maximum absolute atomic E-state index is 11.6. The molecule has 0 heterocycles. The highest BCUT2D eigenvalue weighted by molar-refractivity contribution is 7.93. The number of hydrogen-bond acceptors (Lipinski definition) is 4. The van der Waals surface area contributed by atoms with E-state index in [0.29, 0.717) is 18.8 Å². The van der Waals surface area contributed by atoms with Crippen molar-refractivity contribution in [3.05, 3.63) is 29.8 Å². The third kappa shape index (κ3) is 5.89. The fraction of sp³-hybridized carbons (Fsp3) is 0.588. The number of anilines is 1. The van der Waals surface area contributed by atoms with Crippen LogP contribution in [0.4, 0.5) is 5.69 Å². The second-order valence-electron chi connectivity index (χ2n) is 6.08. The summed E-state index contributed by atoms with van der Waals surface area (Å²) >= 11 is -0.0602. The monoisotopic (exact) mass is 326 g/mol. The molecule has 1 aromatic rings. The number of hydrogen-bond donors (Lipinski definition) is 0. The van der Waals surface area contributed by atoms with E-state index in [-0.39, 0.29) is 21.9 Å². The minimum atomic E-state index is -0.278. The van der Waals surface area contributed by atoms with Crippen LogP contribution in [0.3, 0.4) is 0 Å². The molecule has 0 radical (unpaired) electrons. The van der Waals surface area contributed by atoms with Crippen LogP contribution < -0.4 is 4.90 Å². The first-order valence-corrected chi connectivity index (χ1v) is 9.09. The zero-order chi connectivity index (χ0) is 16.8. The Kier molecular flexibility index (Phi) is 7.23. The predicted octanol–water partition coefficient (Wildman–Crippen LogP) is 3.28. The summed E-state index contributed by atoms with van der Waals surface area (Å²) < 4.78 is 11.1. The molecule has 0 fully saturated rings. The molecule has 0 aliphatic heterocycles. The van der Waals surface area contributed by atoms with Crippen LogP contribution in [0.25, 0.3) is 0 Å². The highest BCUT2D eigenvalue weighted by Gasteiger charge is 2.31. The van der Waals surface area contributed by atoms with Crippen molar-refractivity contribution in [2.75, 3.05) is 38.0 Å². The lowest BCUT2D eigenvalue weighted by atomic mass is 10.2. The zero-order valence-electron chi connectivity index (χ0n) is 14.5. The molecule has 1 aromatic carbocycles. The maximum Gasteiger partial charge on any atom is 0.338 e. The Morgan fingerprint density at radius 3 is 2.32 bits per heavy atom. The quantitative estimate of drug-likeness (QED) is 0.569. The lowest BCUT2D eigenvalue weighted by Crippen LogP contribution is -2.32. The Morgan fingerprint density at radius 2 is 1.82 bits per heavy atom. The van der Waals surface area contributed by atoms with E-state index in [2.05, 4.69) is 31.9 Å². The van der Waals surface area contributed by atoms with E-state index >= 15 is 0 Å². The van der Waals surface area contributed by atoms with Crippen LogP contribution in [0.2, 0.25) is 0 Å². The third-order valence-corrected chi connectivity index (χ3v) is 5.61. The molecule has 0 N–H and O–H groups in total. The summed E-state index contributed by atoms with van der Waals surface area (Å²) in [5, 5.41) is 0. The Balaban J connectivity index is 2.49. The van der Waals surface area contributed by atoms with Crippen LogP contribution in [0.5, 0.6) is 0 Å². The second-order valence-corrected chi connectivity index (χ2v) is 8.45. The van der Waals surface area contributed by atoms with Gasteiger partial charge in [0.15, 0.2) is 4.75 Å². The third-order valence-electron chi connectivity index (χ3n) is 3.37. The largest absolute Gasteiger partial charge is 0.462 e. The number of ether oxygens (including phenoxy) is 1. The van der Waals surface area contributed by atoms with Gasteiger partial charge in [0, 0.05) is 19.3 Å². The van der Waals surface area contributed by atoms with Gasteiger partial charge < -0.3 is 9.64 Å². The number of likely N-dealkylation sites (N-methyl/N-ethyl adjacent to an activating group) is 1. The molecule has 0 saturated carbocycles. The minimum Gasteiger partial charge on any atom is -0.462 e. The van der Waals surface area contributed by atoms with Gasteiger partial charge in [-0.25, -0.2) is 4.79 Å². The summed E-state index contributed by atoms with van der Waals surface area (Å²) in [7, 11) is 2.02. The van der Waals surface area contributed by atoms with Gasteiger partial charge in [-0.15, -0.1) is 0 Å². The topological polar surface area (TPSA) is 38.8 Å². The molecular weight excluding hydrogens is 298 g/mol. The van der Waals surface area contributed by atoms with Gasteiger partial charge in [0.25, 0.3) is 0 Å². The maximum atomic E-state index is 11.6. The van der Waals surface area contributed by atoms with Gasteiger partial charge >= 0.3 is 5.97 Å². The summed E-state index contributed by atoms with van der Waals surface area (Å²) in [6, 6.07) is 7.46. The predicted molar refractivity (Wildman–Crippen MR) is 94.7 cm³/mol. The van der Waals surface area contributed by atoms with E-state index in [1.807, 2.05) is 19.2 Å². The van der Waals surface area contributed by atoms with E-state index in [1.54, 1.807) is 19.1 Å². The molecule has 0 aliphatic rings. The molecule has 4 nitrogen and oxygen atoms in total. The van der Waals surface area contributed by atoms with Crippen molar-refractivity contribution in [2.45, 2.75) is 32.4 Å². The molecule has 1 rings (SSSR count). The van der Waals surface area contributed by atoms with Gasteiger partial charge in [0.05, 0.1) is 12.2 Å². The zero-order valence-corrected chi connectivity index (χ0v) is 15.3. The average Bonchev–Trinajstić information content (AvgIpc) is 2.46. The molecule has 5 heteroatoms. The number of nitrogens with zero attached hydrogens (tertiary/aromatic N) is 1. The van der Waals surface area contributed by atoms with Crippen molar-refractivity contribution >= 4 is 22.8 Å². The van der Waals surface area contributed by atoms with Crippen LogP contribution >= 0.6 is 0 Å². The average molecular weight is 326 g/mol. The highest BCUT2D eigenvalue weighted by Crippen LogP contribution is 2.18. The Morgan fingerprint density at radius 1 is 1.23 bits per heavy atom. The first kappa shape index (κ1) is 18.8. The molecule has 1 atom stereocenters. The fourth-order valence-corrected chi connectivity index (χ4v) is 2.35. The molecule has 124 valence electrons. The number of rotatable bonds is 7. The minimum absolute atomic E-state index is 0.0602. The summed E-state index contributed by atoms with van der Waals surface area (Å²) in [5.74, 6) is -0.278. The molecule has 0 aliphatic carbocycles. The summed E-state index contributed by atoms with van der Waals surface area (Å²) in [5.41, 5.74) is 1.64. The molecule has 1 unspecified atom stereocenters. The smallest absolute Gasteiger partial charge is 0.338 e. The van der Waals surface area contributed by atoms with Crippen LogP contribution in [-0.2, 0) is 20.1 Å². The molecule has 0 aromatic heterocycles.